The Morgan fingerprint density at radius 1 is 1.31 bits per heavy atom. The van der Waals surface area contributed by atoms with Gasteiger partial charge in [0.15, 0.2) is 0 Å². The standard InChI is InChI=1S/C16H20N6O4/c1-9(24)20-10-3-2-4-11(5-10)21-16-19-7-13(14(17)26)15(22-16)18-6-12(25)8-23/h2-5,7,12,23,25H,6,8H2,1H3,(H2,17,26)(H,20,24)(H2,18,19,21,22)/t12-/m1/s1. The molecule has 0 radical (unpaired) electrons. The van der Waals surface area contributed by atoms with Crippen LogP contribution in [0, 0.1) is 0 Å². The number of nitrogens with zero attached hydrogens (tertiary/aromatic N) is 2. The summed E-state index contributed by atoms with van der Waals surface area (Å²) >= 11 is 0. The van der Waals surface area contributed by atoms with Gasteiger partial charge in [-0.3, -0.25) is 9.59 Å². The van der Waals surface area contributed by atoms with Crippen molar-refractivity contribution in [2.24, 2.45) is 5.73 Å². The van der Waals surface area contributed by atoms with Crippen LogP contribution in [0.5, 0.6) is 0 Å². The van der Waals surface area contributed by atoms with Gasteiger partial charge in [0, 0.05) is 31.0 Å². The smallest absolute Gasteiger partial charge is 0.254 e. The number of carbonyl (C=O) groups is 2. The van der Waals surface area contributed by atoms with E-state index in [9.17, 15) is 14.7 Å². The SMILES string of the molecule is CC(=O)Nc1cccc(Nc2ncc(C(N)=O)c(NC[C@@H](O)CO)n2)c1. The highest BCUT2D eigenvalue weighted by molar-refractivity contribution is 5.97. The Bertz CT molecular complexity index is 798. The zero-order chi connectivity index (χ0) is 19.1. The monoisotopic (exact) mass is 360 g/mol. The van der Waals surface area contributed by atoms with Crippen LogP contribution in [0.2, 0.25) is 0 Å². The topological polar surface area (TPSA) is 162 Å². The molecule has 0 saturated heterocycles. The highest BCUT2D eigenvalue weighted by Crippen LogP contribution is 2.20. The van der Waals surface area contributed by atoms with Crippen molar-refractivity contribution in [1.82, 2.24) is 9.97 Å². The molecule has 26 heavy (non-hydrogen) atoms. The van der Waals surface area contributed by atoms with Gasteiger partial charge in [-0.15, -0.1) is 0 Å². The first kappa shape index (κ1) is 19.1. The Morgan fingerprint density at radius 2 is 2.04 bits per heavy atom. The second kappa shape index (κ2) is 8.74. The summed E-state index contributed by atoms with van der Waals surface area (Å²) in [5, 5.41) is 26.7. The average Bonchev–Trinajstić information content (AvgIpc) is 2.59. The van der Waals surface area contributed by atoms with Gasteiger partial charge in [-0.1, -0.05) is 6.07 Å². The number of nitrogens with two attached hydrogens (primary N) is 1. The summed E-state index contributed by atoms with van der Waals surface area (Å²) < 4.78 is 0. The molecular weight excluding hydrogens is 340 g/mol. The Labute approximate surface area is 149 Å². The number of hydrogen-bond donors (Lipinski definition) is 6. The molecule has 0 fully saturated rings. The maximum Gasteiger partial charge on any atom is 0.254 e. The number of nitrogens with one attached hydrogen (secondary N) is 3. The molecule has 0 bridgehead atoms. The van der Waals surface area contributed by atoms with E-state index in [4.69, 9.17) is 10.8 Å². The van der Waals surface area contributed by atoms with Crippen LogP contribution in [0.4, 0.5) is 23.1 Å². The van der Waals surface area contributed by atoms with E-state index < -0.39 is 18.6 Å². The van der Waals surface area contributed by atoms with Crippen LogP contribution in [-0.2, 0) is 4.79 Å². The number of anilines is 4. The molecule has 138 valence electrons. The van der Waals surface area contributed by atoms with Crippen molar-refractivity contribution >= 4 is 35.0 Å². The summed E-state index contributed by atoms with van der Waals surface area (Å²) in [6.45, 7) is 0.945. The van der Waals surface area contributed by atoms with Crippen molar-refractivity contribution in [2.75, 3.05) is 29.1 Å². The molecule has 10 nitrogen and oxygen atoms in total. The van der Waals surface area contributed by atoms with Gasteiger partial charge >= 0.3 is 0 Å². The number of aliphatic hydroxyl groups excluding tert-OH is 2. The number of benzene rings is 1. The van der Waals surface area contributed by atoms with Crippen LogP contribution in [0.3, 0.4) is 0 Å². The van der Waals surface area contributed by atoms with Crippen LogP contribution in [0.25, 0.3) is 0 Å². The summed E-state index contributed by atoms with van der Waals surface area (Å²) in [5.74, 6) is -0.625. The van der Waals surface area contributed by atoms with Gasteiger partial charge in [-0.05, 0) is 18.2 Å². The summed E-state index contributed by atoms with van der Waals surface area (Å²) in [4.78, 5) is 30.8. The second-order valence-corrected chi connectivity index (χ2v) is 5.42. The molecule has 2 rings (SSSR count). The number of primary amides is 1. The third-order valence-corrected chi connectivity index (χ3v) is 3.21. The first-order valence-electron chi connectivity index (χ1n) is 7.73. The number of aliphatic hydroxyl groups is 2. The lowest BCUT2D eigenvalue weighted by Crippen LogP contribution is -2.25. The maximum atomic E-state index is 11.5. The second-order valence-electron chi connectivity index (χ2n) is 5.42. The molecule has 0 unspecified atom stereocenters. The summed E-state index contributed by atoms with van der Waals surface area (Å²) in [6, 6.07) is 6.91. The average molecular weight is 360 g/mol. The fraction of sp³-hybridized carbons (Fsp3) is 0.250. The molecule has 1 aromatic heterocycles. The van der Waals surface area contributed by atoms with Crippen molar-refractivity contribution in [3.63, 3.8) is 0 Å². The molecule has 10 heteroatoms. The van der Waals surface area contributed by atoms with Crippen molar-refractivity contribution in [3.05, 3.63) is 36.0 Å². The van der Waals surface area contributed by atoms with Crippen molar-refractivity contribution in [3.8, 4) is 0 Å². The van der Waals surface area contributed by atoms with Gasteiger partial charge in [-0.25, -0.2) is 4.98 Å². The van der Waals surface area contributed by atoms with Crippen molar-refractivity contribution in [2.45, 2.75) is 13.0 Å². The molecule has 1 heterocycles. The molecule has 1 atom stereocenters. The van der Waals surface area contributed by atoms with E-state index in [1.165, 1.54) is 13.1 Å². The first-order chi connectivity index (χ1) is 12.4. The van der Waals surface area contributed by atoms with Gasteiger partial charge in [0.25, 0.3) is 5.91 Å². The Balaban J connectivity index is 2.21. The predicted octanol–water partition coefficient (Wildman–Crippen LogP) is 0.0426. The number of carbonyl (C=O) groups excluding carboxylic acids is 2. The maximum absolute atomic E-state index is 11.5. The van der Waals surface area contributed by atoms with Gasteiger partial charge in [0.05, 0.1) is 18.3 Å². The van der Waals surface area contributed by atoms with Crippen LogP contribution in [-0.4, -0.2) is 51.3 Å². The molecule has 2 aromatic rings. The van der Waals surface area contributed by atoms with E-state index in [1.54, 1.807) is 24.3 Å². The normalized spacial score (nSPS) is 11.5. The minimum absolute atomic E-state index is 0.0226. The quantitative estimate of drug-likeness (QED) is 0.384. The van der Waals surface area contributed by atoms with Crippen molar-refractivity contribution < 1.29 is 19.8 Å². The van der Waals surface area contributed by atoms with E-state index in [2.05, 4.69) is 25.9 Å². The molecule has 0 aliphatic carbocycles. The molecular formula is C16H20N6O4. The van der Waals surface area contributed by atoms with E-state index in [1.807, 2.05) is 0 Å². The fourth-order valence-electron chi connectivity index (χ4n) is 2.04. The Morgan fingerprint density at radius 3 is 2.69 bits per heavy atom. The molecule has 0 spiro atoms. The van der Waals surface area contributed by atoms with Gasteiger partial charge in [0.1, 0.15) is 5.82 Å². The van der Waals surface area contributed by atoms with Crippen LogP contribution in [0.1, 0.15) is 17.3 Å². The molecule has 0 aliphatic heterocycles. The Kier molecular flexibility index (Phi) is 6.42. The number of amides is 2. The highest BCUT2D eigenvalue weighted by Gasteiger charge is 2.13. The van der Waals surface area contributed by atoms with Crippen LogP contribution < -0.4 is 21.7 Å². The van der Waals surface area contributed by atoms with Crippen molar-refractivity contribution in [1.29, 1.82) is 0 Å². The number of hydrogen-bond acceptors (Lipinski definition) is 8. The van der Waals surface area contributed by atoms with Gasteiger partial charge in [0.2, 0.25) is 11.9 Å². The van der Waals surface area contributed by atoms with E-state index >= 15 is 0 Å². The molecule has 7 N–H and O–H groups in total. The lowest BCUT2D eigenvalue weighted by atomic mass is 10.2. The molecule has 0 saturated carbocycles. The summed E-state index contributed by atoms with van der Waals surface area (Å²) in [7, 11) is 0. The fourth-order valence-corrected chi connectivity index (χ4v) is 2.04. The first-order valence-corrected chi connectivity index (χ1v) is 7.73. The van der Waals surface area contributed by atoms with Crippen LogP contribution >= 0.6 is 0 Å². The minimum Gasteiger partial charge on any atom is -0.394 e. The van der Waals surface area contributed by atoms with Gasteiger partial charge in [-0.2, -0.15) is 4.98 Å². The Hall–Kier alpha value is -3.24. The zero-order valence-corrected chi connectivity index (χ0v) is 14.1. The van der Waals surface area contributed by atoms with E-state index in [0.29, 0.717) is 11.4 Å². The minimum atomic E-state index is -1.02. The number of aromatic nitrogens is 2. The lowest BCUT2D eigenvalue weighted by molar-refractivity contribution is -0.114. The predicted molar refractivity (Wildman–Crippen MR) is 96.2 cm³/mol. The highest BCUT2D eigenvalue weighted by atomic mass is 16.3. The summed E-state index contributed by atoms with van der Waals surface area (Å²) in [6.07, 6.45) is 0.236. The number of rotatable bonds is 8. The zero-order valence-electron chi connectivity index (χ0n) is 14.1. The molecule has 2 amide bonds. The molecule has 0 aliphatic rings. The third-order valence-electron chi connectivity index (χ3n) is 3.21. The summed E-state index contributed by atoms with van der Waals surface area (Å²) in [5.41, 5.74) is 6.55. The lowest BCUT2D eigenvalue weighted by Gasteiger charge is -2.13. The van der Waals surface area contributed by atoms with E-state index in [-0.39, 0.29) is 29.8 Å². The molecule has 1 aromatic carbocycles. The van der Waals surface area contributed by atoms with Gasteiger partial charge < -0.3 is 31.9 Å². The third kappa shape index (κ3) is 5.40. The largest absolute Gasteiger partial charge is 0.394 e. The van der Waals surface area contributed by atoms with E-state index in [0.717, 1.165) is 0 Å². The van der Waals surface area contributed by atoms with Crippen LogP contribution in [0.15, 0.2) is 30.5 Å².